The SMILES string of the molecule is C[C@H]([C@@H](C)S(C)(=O)=O)S(C)(=O)=O. The quantitative estimate of drug-likeness (QED) is 0.655. The Hall–Kier alpha value is -0.100. The summed E-state index contributed by atoms with van der Waals surface area (Å²) in [4.78, 5) is 0. The third kappa shape index (κ3) is 3.10. The Bertz CT molecular complexity index is 302. The van der Waals surface area contributed by atoms with E-state index in [0.717, 1.165) is 12.5 Å². The molecule has 0 N–H and O–H groups in total. The van der Waals surface area contributed by atoms with Crippen molar-refractivity contribution >= 4 is 19.7 Å². The fourth-order valence-electron chi connectivity index (χ4n) is 0.696. The fraction of sp³-hybridized carbons (Fsp3) is 1.00. The van der Waals surface area contributed by atoms with Gasteiger partial charge in [-0.15, -0.1) is 0 Å². The maximum absolute atomic E-state index is 11.0. The molecule has 4 nitrogen and oxygen atoms in total. The molecule has 0 saturated carbocycles. The lowest BCUT2D eigenvalue weighted by molar-refractivity contribution is 0.568. The fourth-order valence-corrected chi connectivity index (χ4v) is 3.30. The van der Waals surface area contributed by atoms with Gasteiger partial charge in [-0.2, -0.15) is 0 Å². The second-order valence-corrected chi connectivity index (χ2v) is 7.87. The molecule has 74 valence electrons. The van der Waals surface area contributed by atoms with Crippen LogP contribution in [0.1, 0.15) is 13.8 Å². The highest BCUT2D eigenvalue weighted by atomic mass is 32.2. The van der Waals surface area contributed by atoms with E-state index in [9.17, 15) is 16.8 Å². The molecule has 2 atom stereocenters. The summed E-state index contributed by atoms with van der Waals surface area (Å²) in [5, 5.41) is -1.68. The van der Waals surface area contributed by atoms with Gasteiger partial charge in [-0.25, -0.2) is 16.8 Å². The molecule has 6 heteroatoms. The van der Waals surface area contributed by atoms with Gasteiger partial charge < -0.3 is 0 Å². The van der Waals surface area contributed by atoms with Gasteiger partial charge in [0.05, 0.1) is 10.5 Å². The van der Waals surface area contributed by atoms with Gasteiger partial charge in [-0.1, -0.05) is 0 Å². The first-order valence-electron chi connectivity index (χ1n) is 3.44. The molecule has 0 fully saturated rings. The van der Waals surface area contributed by atoms with Crippen molar-refractivity contribution in [3.05, 3.63) is 0 Å². The lowest BCUT2D eigenvalue weighted by atomic mass is 10.4. The minimum Gasteiger partial charge on any atom is -0.229 e. The van der Waals surface area contributed by atoms with Crippen LogP contribution in [-0.4, -0.2) is 39.8 Å². The molecule has 12 heavy (non-hydrogen) atoms. The third-order valence-electron chi connectivity index (χ3n) is 2.01. The summed E-state index contributed by atoms with van der Waals surface area (Å²) >= 11 is 0. The minimum atomic E-state index is -3.26. The summed E-state index contributed by atoms with van der Waals surface area (Å²) in [7, 11) is -6.53. The first-order chi connectivity index (χ1) is 5.07. The lowest BCUT2D eigenvalue weighted by Gasteiger charge is -2.15. The maximum atomic E-state index is 11.0. The molecule has 0 aliphatic carbocycles. The number of rotatable bonds is 3. The molecule has 0 rings (SSSR count). The van der Waals surface area contributed by atoms with E-state index in [1.165, 1.54) is 13.8 Å². The van der Waals surface area contributed by atoms with E-state index in [0.29, 0.717) is 0 Å². The van der Waals surface area contributed by atoms with Crippen LogP contribution in [0.15, 0.2) is 0 Å². The Morgan fingerprint density at radius 1 is 0.750 bits per heavy atom. The molecule has 0 aromatic rings. The number of hydrogen-bond acceptors (Lipinski definition) is 4. The van der Waals surface area contributed by atoms with Gasteiger partial charge in [-0.05, 0) is 13.8 Å². The average Bonchev–Trinajstić information content (AvgIpc) is 1.80. The molecule has 0 amide bonds. The standard InChI is InChI=1S/C6H14O4S2/c1-5(11(3,7)8)6(2)12(4,9)10/h5-6H,1-4H3/t5-,6-/m1/s1. The van der Waals surface area contributed by atoms with E-state index < -0.39 is 30.2 Å². The molecular weight excluding hydrogens is 200 g/mol. The molecular formula is C6H14O4S2. The minimum absolute atomic E-state index is 0.840. The Morgan fingerprint density at radius 3 is 1.00 bits per heavy atom. The monoisotopic (exact) mass is 214 g/mol. The topological polar surface area (TPSA) is 68.3 Å². The summed E-state index contributed by atoms with van der Waals surface area (Å²) in [6, 6.07) is 0. The largest absolute Gasteiger partial charge is 0.229 e. The zero-order valence-corrected chi connectivity index (χ0v) is 9.24. The summed E-state index contributed by atoms with van der Waals surface area (Å²) in [5.41, 5.74) is 0. The molecule has 0 aliphatic rings. The van der Waals surface area contributed by atoms with Crippen molar-refractivity contribution in [3.8, 4) is 0 Å². The van der Waals surface area contributed by atoms with E-state index in [1.807, 2.05) is 0 Å². The molecule has 0 saturated heterocycles. The summed E-state index contributed by atoms with van der Waals surface area (Å²) in [6.07, 6.45) is 2.08. The molecule has 0 radical (unpaired) electrons. The second-order valence-electron chi connectivity index (χ2n) is 3.07. The third-order valence-corrected chi connectivity index (χ3v) is 5.70. The van der Waals surface area contributed by atoms with Gasteiger partial charge in [0.15, 0.2) is 19.7 Å². The summed E-state index contributed by atoms with van der Waals surface area (Å²) in [5.74, 6) is 0. The van der Waals surface area contributed by atoms with Gasteiger partial charge in [-0.3, -0.25) is 0 Å². The average molecular weight is 214 g/mol. The Morgan fingerprint density at radius 2 is 0.917 bits per heavy atom. The molecule has 0 bridgehead atoms. The van der Waals surface area contributed by atoms with Crippen molar-refractivity contribution in [1.82, 2.24) is 0 Å². The Kier molecular flexibility index (Phi) is 3.31. The van der Waals surface area contributed by atoms with Crippen molar-refractivity contribution in [2.75, 3.05) is 12.5 Å². The predicted molar refractivity (Wildman–Crippen MR) is 48.6 cm³/mol. The van der Waals surface area contributed by atoms with Gasteiger partial charge in [0.2, 0.25) is 0 Å². The molecule has 0 heterocycles. The van der Waals surface area contributed by atoms with Crippen LogP contribution in [0.2, 0.25) is 0 Å². The van der Waals surface area contributed by atoms with E-state index >= 15 is 0 Å². The van der Waals surface area contributed by atoms with Gasteiger partial charge in [0.1, 0.15) is 0 Å². The van der Waals surface area contributed by atoms with E-state index in [4.69, 9.17) is 0 Å². The summed E-state index contributed by atoms with van der Waals surface area (Å²) < 4.78 is 43.8. The van der Waals surface area contributed by atoms with E-state index in [2.05, 4.69) is 0 Å². The van der Waals surface area contributed by atoms with Crippen LogP contribution in [0.5, 0.6) is 0 Å². The van der Waals surface area contributed by atoms with Crippen LogP contribution in [0.3, 0.4) is 0 Å². The van der Waals surface area contributed by atoms with Crippen molar-refractivity contribution in [3.63, 3.8) is 0 Å². The zero-order chi connectivity index (χ0) is 10.2. The molecule has 0 unspecified atom stereocenters. The van der Waals surface area contributed by atoms with Crippen LogP contribution >= 0.6 is 0 Å². The van der Waals surface area contributed by atoms with Crippen LogP contribution in [0.4, 0.5) is 0 Å². The van der Waals surface area contributed by atoms with Gasteiger partial charge >= 0.3 is 0 Å². The molecule has 0 aromatic carbocycles. The predicted octanol–water partition coefficient (Wildman–Crippen LogP) is -0.147. The van der Waals surface area contributed by atoms with Crippen LogP contribution in [0.25, 0.3) is 0 Å². The van der Waals surface area contributed by atoms with Gasteiger partial charge in [0.25, 0.3) is 0 Å². The normalized spacial score (nSPS) is 18.7. The molecule has 0 spiro atoms. The highest BCUT2D eigenvalue weighted by Gasteiger charge is 2.29. The van der Waals surface area contributed by atoms with Crippen LogP contribution < -0.4 is 0 Å². The first-order valence-corrected chi connectivity index (χ1v) is 7.35. The van der Waals surface area contributed by atoms with Gasteiger partial charge in [0, 0.05) is 12.5 Å². The number of sulfone groups is 2. The van der Waals surface area contributed by atoms with Crippen LogP contribution in [0, 0.1) is 0 Å². The van der Waals surface area contributed by atoms with Crippen molar-refractivity contribution in [1.29, 1.82) is 0 Å². The number of hydrogen-bond donors (Lipinski definition) is 0. The van der Waals surface area contributed by atoms with Crippen molar-refractivity contribution in [2.45, 2.75) is 24.3 Å². The van der Waals surface area contributed by atoms with Crippen molar-refractivity contribution < 1.29 is 16.8 Å². The lowest BCUT2D eigenvalue weighted by Crippen LogP contribution is -2.34. The highest BCUT2D eigenvalue weighted by molar-refractivity contribution is 7.95. The second kappa shape index (κ2) is 3.33. The first kappa shape index (κ1) is 11.9. The molecule has 0 aromatic heterocycles. The molecule has 0 aliphatic heterocycles. The summed E-state index contributed by atoms with van der Waals surface area (Å²) in [6.45, 7) is 2.81. The maximum Gasteiger partial charge on any atom is 0.151 e. The Labute approximate surface area is 73.8 Å². The van der Waals surface area contributed by atoms with E-state index in [-0.39, 0.29) is 0 Å². The van der Waals surface area contributed by atoms with Crippen LogP contribution in [-0.2, 0) is 19.7 Å². The highest BCUT2D eigenvalue weighted by Crippen LogP contribution is 2.11. The Balaban J connectivity index is 4.89. The smallest absolute Gasteiger partial charge is 0.151 e. The van der Waals surface area contributed by atoms with Crippen molar-refractivity contribution in [2.24, 2.45) is 0 Å². The van der Waals surface area contributed by atoms with E-state index in [1.54, 1.807) is 0 Å². The zero-order valence-electron chi connectivity index (χ0n) is 7.60.